The Balaban J connectivity index is 1.69. The monoisotopic (exact) mass is 489 g/mol. The Hall–Kier alpha value is -1.90. The lowest BCUT2D eigenvalue weighted by molar-refractivity contribution is 0.459. The molecule has 0 bridgehead atoms. The van der Waals surface area contributed by atoms with Crippen molar-refractivity contribution in [2.24, 2.45) is 0 Å². The zero-order valence-electron chi connectivity index (χ0n) is 19.6. The van der Waals surface area contributed by atoms with E-state index < -0.39 is 10.0 Å². The van der Waals surface area contributed by atoms with Gasteiger partial charge in [-0.2, -0.15) is 0 Å². The molecule has 8 heteroatoms. The van der Waals surface area contributed by atoms with Crippen LogP contribution >= 0.6 is 11.8 Å². The minimum atomic E-state index is -3.55. The fraction of sp³-hybridized carbons (Fsp3) is 0.480. The Bertz CT molecular complexity index is 1230. The predicted molar refractivity (Wildman–Crippen MR) is 133 cm³/mol. The molecule has 1 fully saturated rings. The van der Waals surface area contributed by atoms with Gasteiger partial charge in [-0.15, -0.1) is 0 Å². The molecule has 0 N–H and O–H groups in total. The van der Waals surface area contributed by atoms with E-state index in [1.807, 2.05) is 19.1 Å². The molecule has 0 spiro atoms. The van der Waals surface area contributed by atoms with Crippen molar-refractivity contribution in [3.05, 3.63) is 53.3 Å². The van der Waals surface area contributed by atoms with Crippen LogP contribution in [0.2, 0.25) is 0 Å². The Morgan fingerprint density at radius 2 is 1.94 bits per heavy atom. The average molecular weight is 490 g/mol. The topological polar surface area (TPSA) is 55.2 Å². The van der Waals surface area contributed by atoms with Gasteiger partial charge in [0.1, 0.15) is 5.82 Å². The summed E-state index contributed by atoms with van der Waals surface area (Å²) in [4.78, 5) is 5.17. The van der Waals surface area contributed by atoms with E-state index in [-0.39, 0.29) is 10.7 Å². The first kappa shape index (κ1) is 24.2. The molecule has 1 aliphatic rings. The van der Waals surface area contributed by atoms with E-state index in [4.69, 9.17) is 4.98 Å². The number of nitrogens with zero attached hydrogens (tertiary/aromatic N) is 3. The summed E-state index contributed by atoms with van der Waals surface area (Å²) < 4.78 is 43.3. The molecule has 33 heavy (non-hydrogen) atoms. The molecule has 1 aliphatic carbocycles. The number of halogens is 1. The third-order valence-electron chi connectivity index (χ3n) is 6.51. The first-order valence-electron chi connectivity index (χ1n) is 11.7. The van der Waals surface area contributed by atoms with Crippen LogP contribution in [0.3, 0.4) is 0 Å². The second-order valence-corrected chi connectivity index (χ2v) is 11.9. The van der Waals surface area contributed by atoms with Crippen LogP contribution in [0.15, 0.2) is 46.5 Å². The molecule has 2 aromatic carbocycles. The van der Waals surface area contributed by atoms with Gasteiger partial charge in [0, 0.05) is 25.4 Å². The minimum Gasteiger partial charge on any atom is -0.316 e. The number of thioether (sulfide) groups is 1. The van der Waals surface area contributed by atoms with Gasteiger partial charge in [0.25, 0.3) is 0 Å². The quantitative estimate of drug-likeness (QED) is 0.331. The standard InChI is InChI=1S/C25H32FN3O2S2/c1-4-5-14-28(3)33(30,31)22-12-13-24-23(16-22)27-25(29(24)21-8-6-7-9-21)32-17-19-10-11-20(26)15-18(19)2/h10-13,15-16,21H,4-9,14,17H2,1-3H3. The largest absolute Gasteiger partial charge is 0.316 e. The van der Waals surface area contributed by atoms with Crippen molar-refractivity contribution in [1.29, 1.82) is 0 Å². The van der Waals surface area contributed by atoms with E-state index in [9.17, 15) is 12.8 Å². The third-order valence-corrected chi connectivity index (χ3v) is 9.37. The summed E-state index contributed by atoms with van der Waals surface area (Å²) in [7, 11) is -1.91. The molecule has 1 heterocycles. The predicted octanol–water partition coefficient (Wildman–Crippen LogP) is 6.31. The van der Waals surface area contributed by atoms with E-state index in [0.717, 1.165) is 47.5 Å². The van der Waals surface area contributed by atoms with Gasteiger partial charge < -0.3 is 4.57 Å². The van der Waals surface area contributed by atoms with Crippen LogP contribution in [0.5, 0.6) is 0 Å². The van der Waals surface area contributed by atoms with Gasteiger partial charge in [-0.25, -0.2) is 22.1 Å². The molecule has 5 nitrogen and oxygen atoms in total. The molecule has 178 valence electrons. The minimum absolute atomic E-state index is 0.225. The molecular weight excluding hydrogens is 457 g/mol. The van der Waals surface area contributed by atoms with Gasteiger partial charge >= 0.3 is 0 Å². The van der Waals surface area contributed by atoms with Crippen LogP contribution in [0, 0.1) is 12.7 Å². The van der Waals surface area contributed by atoms with Gasteiger partial charge in [0.15, 0.2) is 5.16 Å². The lowest BCUT2D eigenvalue weighted by atomic mass is 10.1. The average Bonchev–Trinajstić information content (AvgIpc) is 3.43. The van der Waals surface area contributed by atoms with Crippen molar-refractivity contribution in [2.45, 2.75) is 74.2 Å². The highest BCUT2D eigenvalue weighted by Gasteiger charge is 2.26. The van der Waals surface area contributed by atoms with Crippen molar-refractivity contribution in [3.63, 3.8) is 0 Å². The Morgan fingerprint density at radius 1 is 1.18 bits per heavy atom. The van der Waals surface area contributed by atoms with Crippen molar-refractivity contribution >= 4 is 32.8 Å². The fourth-order valence-electron chi connectivity index (χ4n) is 4.48. The second kappa shape index (κ2) is 10.2. The number of hydrogen-bond donors (Lipinski definition) is 0. The van der Waals surface area contributed by atoms with E-state index >= 15 is 0 Å². The van der Waals surface area contributed by atoms with E-state index in [0.29, 0.717) is 23.9 Å². The Morgan fingerprint density at radius 3 is 2.64 bits per heavy atom. The van der Waals surface area contributed by atoms with Gasteiger partial charge in [-0.05, 0) is 67.6 Å². The fourth-order valence-corrected chi connectivity index (χ4v) is 6.87. The molecule has 0 amide bonds. The molecule has 1 aromatic heterocycles. The second-order valence-electron chi connectivity index (χ2n) is 8.89. The summed E-state index contributed by atoms with van der Waals surface area (Å²) in [5.74, 6) is 0.463. The van der Waals surface area contributed by atoms with Crippen LogP contribution in [0.4, 0.5) is 4.39 Å². The van der Waals surface area contributed by atoms with Gasteiger partial charge in [-0.3, -0.25) is 0 Å². The highest BCUT2D eigenvalue weighted by atomic mass is 32.2. The third kappa shape index (κ3) is 5.12. The van der Waals surface area contributed by atoms with E-state index in [2.05, 4.69) is 11.5 Å². The highest BCUT2D eigenvalue weighted by Crippen LogP contribution is 2.38. The van der Waals surface area contributed by atoms with Crippen LogP contribution < -0.4 is 0 Å². The van der Waals surface area contributed by atoms with Gasteiger partial charge in [-0.1, -0.05) is 44.0 Å². The number of rotatable bonds is 9. The molecule has 0 saturated heterocycles. The number of sulfonamides is 1. The Labute approximate surface area is 200 Å². The first-order chi connectivity index (χ1) is 15.8. The van der Waals surface area contributed by atoms with Crippen LogP contribution in [0.1, 0.15) is 62.6 Å². The summed E-state index contributed by atoms with van der Waals surface area (Å²) in [6, 6.07) is 10.6. The number of hydrogen-bond acceptors (Lipinski definition) is 4. The summed E-state index contributed by atoms with van der Waals surface area (Å²) in [6.07, 6.45) is 6.37. The van der Waals surface area contributed by atoms with Crippen molar-refractivity contribution in [1.82, 2.24) is 13.9 Å². The number of aromatic nitrogens is 2. The van der Waals surface area contributed by atoms with Gasteiger partial charge in [0.05, 0.1) is 15.9 Å². The summed E-state index contributed by atoms with van der Waals surface area (Å²) in [5.41, 5.74) is 3.70. The summed E-state index contributed by atoms with van der Waals surface area (Å²) in [5, 5.41) is 0.898. The molecule has 1 saturated carbocycles. The maximum Gasteiger partial charge on any atom is 0.242 e. The smallest absolute Gasteiger partial charge is 0.242 e. The van der Waals surface area contributed by atoms with E-state index in [1.54, 1.807) is 37.0 Å². The number of benzene rings is 2. The molecular formula is C25H32FN3O2S2. The maximum atomic E-state index is 13.5. The molecule has 0 aliphatic heterocycles. The van der Waals surface area contributed by atoms with Crippen LogP contribution in [0.25, 0.3) is 11.0 Å². The number of unbranched alkanes of at least 4 members (excludes halogenated alkanes) is 1. The lowest BCUT2D eigenvalue weighted by Crippen LogP contribution is -2.27. The highest BCUT2D eigenvalue weighted by molar-refractivity contribution is 7.98. The van der Waals surface area contributed by atoms with Crippen molar-refractivity contribution < 1.29 is 12.8 Å². The van der Waals surface area contributed by atoms with Gasteiger partial charge in [0.2, 0.25) is 10.0 Å². The molecule has 0 unspecified atom stereocenters. The summed E-state index contributed by atoms with van der Waals surface area (Å²) in [6.45, 7) is 4.48. The molecule has 0 radical (unpaired) electrons. The number of aryl methyl sites for hydroxylation is 1. The SMILES string of the molecule is CCCCN(C)S(=O)(=O)c1ccc2c(c1)nc(SCc1ccc(F)cc1C)n2C1CCCC1. The molecule has 4 rings (SSSR count). The molecule has 3 aromatic rings. The normalized spacial score (nSPS) is 15.2. The number of fused-ring (bicyclic) bond motifs is 1. The number of imidazole rings is 1. The first-order valence-corrected chi connectivity index (χ1v) is 14.1. The lowest BCUT2D eigenvalue weighted by Gasteiger charge is -2.18. The van der Waals surface area contributed by atoms with Crippen LogP contribution in [-0.4, -0.2) is 35.9 Å². The summed E-state index contributed by atoms with van der Waals surface area (Å²) >= 11 is 1.63. The van der Waals surface area contributed by atoms with Crippen molar-refractivity contribution in [2.75, 3.05) is 13.6 Å². The van der Waals surface area contributed by atoms with Crippen LogP contribution in [-0.2, 0) is 15.8 Å². The zero-order valence-corrected chi connectivity index (χ0v) is 21.2. The maximum absolute atomic E-state index is 13.5. The Kier molecular flexibility index (Phi) is 7.46. The van der Waals surface area contributed by atoms with Crippen molar-refractivity contribution in [3.8, 4) is 0 Å². The molecule has 0 atom stereocenters. The van der Waals surface area contributed by atoms with E-state index in [1.165, 1.54) is 23.2 Å². The zero-order chi connectivity index (χ0) is 23.6.